The number of aryl methyl sites for hydroxylation is 3. The number of nitrogens with one attached hydrogen (secondary N) is 1. The zero-order valence-corrected chi connectivity index (χ0v) is 21.4. The summed E-state index contributed by atoms with van der Waals surface area (Å²) in [7, 11) is 1.82. The quantitative estimate of drug-likeness (QED) is 0.406. The van der Waals surface area contributed by atoms with Gasteiger partial charge in [-0.25, -0.2) is 0 Å². The molecule has 0 unspecified atom stereocenters. The molecule has 12 heteroatoms. The zero-order chi connectivity index (χ0) is 26.5. The van der Waals surface area contributed by atoms with Crippen molar-refractivity contribution < 1.29 is 18.0 Å². The van der Waals surface area contributed by atoms with E-state index >= 15 is 0 Å². The summed E-state index contributed by atoms with van der Waals surface area (Å²) < 4.78 is 46.7. The van der Waals surface area contributed by atoms with Gasteiger partial charge in [0, 0.05) is 55.6 Å². The molecule has 0 fully saturated rings. The minimum atomic E-state index is -4.64. The third kappa shape index (κ3) is 4.73. The van der Waals surface area contributed by atoms with Crippen LogP contribution in [0.2, 0.25) is 0 Å². The number of carbonyl (C=O) groups excluding carboxylic acids is 1. The second-order valence-corrected chi connectivity index (χ2v) is 10.0. The van der Waals surface area contributed by atoms with Gasteiger partial charge in [-0.3, -0.25) is 19.6 Å². The molecule has 0 saturated carbocycles. The Hall–Kier alpha value is -3.67. The molecule has 3 aromatic heterocycles. The normalized spacial score (nSPS) is 13.9. The van der Waals surface area contributed by atoms with Gasteiger partial charge in [0.2, 0.25) is 0 Å². The average molecular weight is 530 g/mol. The summed E-state index contributed by atoms with van der Waals surface area (Å²) in [4.78, 5) is 15.7. The van der Waals surface area contributed by atoms with E-state index in [1.807, 2.05) is 20.0 Å². The third-order valence-corrected chi connectivity index (χ3v) is 7.30. The van der Waals surface area contributed by atoms with E-state index in [9.17, 15) is 18.0 Å². The van der Waals surface area contributed by atoms with Crippen LogP contribution in [0.5, 0.6) is 0 Å². The van der Waals surface area contributed by atoms with Crippen molar-refractivity contribution in [3.63, 3.8) is 0 Å². The standard InChI is InChI=1S/C25H26F3N7OS/c1-4-35-14-21(22(31-35)25(26,27)28)19-10-16(12-34-7-8-37-24(34)29)11-20-18(19)5-6-33(23(20)36)13-17-9-15(2)30-32(17)3/h7-11,14,29H,4-6,12-13H2,1-3H3. The molecule has 1 aliphatic heterocycles. The topological polar surface area (TPSA) is 84.7 Å². The van der Waals surface area contributed by atoms with Crippen LogP contribution >= 0.6 is 11.3 Å². The van der Waals surface area contributed by atoms with Crippen molar-refractivity contribution in [3.8, 4) is 11.1 Å². The highest BCUT2D eigenvalue weighted by atomic mass is 32.1. The van der Waals surface area contributed by atoms with E-state index in [1.165, 1.54) is 22.2 Å². The molecule has 37 heavy (non-hydrogen) atoms. The number of amides is 1. The van der Waals surface area contributed by atoms with Gasteiger partial charge in [0.15, 0.2) is 10.5 Å². The summed E-state index contributed by atoms with van der Waals surface area (Å²) in [6, 6.07) is 5.38. The molecule has 4 aromatic rings. The molecule has 5 rings (SSSR count). The lowest BCUT2D eigenvalue weighted by Gasteiger charge is -2.30. The highest BCUT2D eigenvalue weighted by Gasteiger charge is 2.39. The van der Waals surface area contributed by atoms with Crippen LogP contribution in [-0.2, 0) is 39.3 Å². The maximum atomic E-state index is 14.0. The van der Waals surface area contributed by atoms with Gasteiger partial charge in [-0.2, -0.15) is 23.4 Å². The second-order valence-electron chi connectivity index (χ2n) is 9.13. The molecule has 4 heterocycles. The molecule has 0 spiro atoms. The number of hydrogen-bond acceptors (Lipinski definition) is 5. The smallest absolute Gasteiger partial charge is 0.332 e. The Balaban J connectivity index is 1.64. The molecular weight excluding hydrogens is 503 g/mol. The molecular formula is C25H26F3N7OS. The van der Waals surface area contributed by atoms with Crippen molar-refractivity contribution in [2.45, 2.75) is 46.1 Å². The Morgan fingerprint density at radius 2 is 1.86 bits per heavy atom. The molecule has 0 radical (unpaired) electrons. The van der Waals surface area contributed by atoms with E-state index in [1.54, 1.807) is 44.8 Å². The minimum absolute atomic E-state index is 0.0302. The summed E-state index contributed by atoms with van der Waals surface area (Å²) in [6.45, 7) is 4.89. The van der Waals surface area contributed by atoms with Crippen LogP contribution in [0.4, 0.5) is 13.2 Å². The lowest BCUT2D eigenvalue weighted by Crippen LogP contribution is -2.38. The van der Waals surface area contributed by atoms with E-state index in [0.717, 1.165) is 11.4 Å². The average Bonchev–Trinajstić information content (AvgIpc) is 3.54. The molecule has 0 atom stereocenters. The molecule has 1 N–H and O–H groups in total. The maximum Gasteiger partial charge on any atom is 0.435 e. The van der Waals surface area contributed by atoms with Crippen molar-refractivity contribution >= 4 is 17.2 Å². The number of aromatic nitrogens is 5. The molecule has 1 amide bonds. The summed E-state index contributed by atoms with van der Waals surface area (Å²) in [5.41, 5.74) is 2.73. The number of carbonyl (C=O) groups is 1. The van der Waals surface area contributed by atoms with Crippen LogP contribution in [0.3, 0.4) is 0 Å². The summed E-state index contributed by atoms with van der Waals surface area (Å²) in [5, 5.41) is 18.0. The first-order chi connectivity index (χ1) is 17.5. The Labute approximate surface area is 215 Å². The van der Waals surface area contributed by atoms with Gasteiger partial charge in [-0.15, -0.1) is 11.3 Å². The zero-order valence-electron chi connectivity index (χ0n) is 20.6. The molecule has 0 bridgehead atoms. The van der Waals surface area contributed by atoms with Crippen LogP contribution < -0.4 is 4.80 Å². The highest BCUT2D eigenvalue weighted by Crippen LogP contribution is 2.40. The Bertz CT molecular complexity index is 1540. The number of benzene rings is 1. The predicted octanol–water partition coefficient (Wildman–Crippen LogP) is 4.22. The fourth-order valence-electron chi connectivity index (χ4n) is 4.82. The predicted molar refractivity (Wildman–Crippen MR) is 132 cm³/mol. The van der Waals surface area contributed by atoms with Gasteiger partial charge >= 0.3 is 6.18 Å². The van der Waals surface area contributed by atoms with Gasteiger partial charge in [0.05, 0.1) is 17.9 Å². The van der Waals surface area contributed by atoms with Gasteiger partial charge in [-0.1, -0.05) is 0 Å². The molecule has 1 aromatic carbocycles. The van der Waals surface area contributed by atoms with Crippen LogP contribution in [0.25, 0.3) is 11.1 Å². The maximum absolute atomic E-state index is 14.0. The number of rotatable bonds is 6. The molecule has 1 aliphatic rings. The van der Waals surface area contributed by atoms with Crippen LogP contribution in [0, 0.1) is 12.3 Å². The van der Waals surface area contributed by atoms with E-state index in [-0.39, 0.29) is 24.6 Å². The second kappa shape index (κ2) is 9.33. The van der Waals surface area contributed by atoms with Crippen molar-refractivity contribution in [1.82, 2.24) is 29.0 Å². The monoisotopic (exact) mass is 529 g/mol. The largest absolute Gasteiger partial charge is 0.435 e. The first-order valence-electron chi connectivity index (χ1n) is 11.8. The minimum Gasteiger partial charge on any atom is -0.332 e. The number of nitrogens with zero attached hydrogens (tertiary/aromatic N) is 6. The van der Waals surface area contributed by atoms with Crippen LogP contribution in [0.15, 0.2) is 36.0 Å². The van der Waals surface area contributed by atoms with E-state index < -0.39 is 11.9 Å². The number of fused-ring (bicyclic) bond motifs is 1. The third-order valence-electron chi connectivity index (χ3n) is 6.59. The number of thiazole rings is 1. The lowest BCUT2D eigenvalue weighted by molar-refractivity contribution is -0.141. The molecule has 8 nitrogen and oxygen atoms in total. The molecule has 0 aliphatic carbocycles. The first-order valence-corrected chi connectivity index (χ1v) is 12.7. The number of hydrogen-bond donors (Lipinski definition) is 1. The van der Waals surface area contributed by atoms with Crippen LogP contribution in [-0.4, -0.2) is 41.5 Å². The Kier molecular flexibility index (Phi) is 6.30. The fourth-order valence-corrected chi connectivity index (χ4v) is 5.41. The first kappa shape index (κ1) is 25.0. The molecule has 194 valence electrons. The van der Waals surface area contributed by atoms with Crippen molar-refractivity contribution in [2.75, 3.05) is 6.54 Å². The Morgan fingerprint density at radius 3 is 2.49 bits per heavy atom. The van der Waals surface area contributed by atoms with Crippen molar-refractivity contribution in [1.29, 1.82) is 5.41 Å². The van der Waals surface area contributed by atoms with E-state index in [2.05, 4.69) is 10.2 Å². The lowest BCUT2D eigenvalue weighted by atomic mass is 9.88. The summed E-state index contributed by atoms with van der Waals surface area (Å²) >= 11 is 1.25. The number of alkyl halides is 3. The van der Waals surface area contributed by atoms with Gasteiger partial charge in [0.25, 0.3) is 5.91 Å². The Morgan fingerprint density at radius 1 is 1.11 bits per heavy atom. The van der Waals surface area contributed by atoms with Gasteiger partial charge in [-0.05, 0) is 55.2 Å². The SMILES string of the molecule is CCn1cc(-c2cc(Cn3ccsc3=N)cc3c2CCN(Cc2cc(C)nn2C)C3=O)c(C(F)(F)F)n1. The van der Waals surface area contributed by atoms with Crippen molar-refractivity contribution in [2.24, 2.45) is 7.05 Å². The van der Waals surface area contributed by atoms with E-state index in [0.29, 0.717) is 46.6 Å². The molecule has 0 saturated heterocycles. The van der Waals surface area contributed by atoms with Crippen LogP contribution in [0.1, 0.15) is 45.5 Å². The summed E-state index contributed by atoms with van der Waals surface area (Å²) in [6.07, 6.45) is -1.07. The van der Waals surface area contributed by atoms with Crippen molar-refractivity contribution in [3.05, 3.63) is 74.5 Å². The van der Waals surface area contributed by atoms with Gasteiger partial charge < -0.3 is 9.47 Å². The highest BCUT2D eigenvalue weighted by molar-refractivity contribution is 7.06. The number of halogens is 3. The summed E-state index contributed by atoms with van der Waals surface area (Å²) in [5.74, 6) is -0.235. The van der Waals surface area contributed by atoms with E-state index in [4.69, 9.17) is 5.41 Å². The van der Waals surface area contributed by atoms with Gasteiger partial charge in [0.1, 0.15) is 0 Å². The fraction of sp³-hybridized carbons (Fsp3) is 0.360.